The van der Waals surface area contributed by atoms with E-state index in [0.717, 1.165) is 5.56 Å². The van der Waals surface area contributed by atoms with Gasteiger partial charge in [0.05, 0.1) is 23.4 Å². The van der Waals surface area contributed by atoms with Gasteiger partial charge < -0.3 is 19.6 Å². The summed E-state index contributed by atoms with van der Waals surface area (Å²) in [6, 6.07) is 13.3. The van der Waals surface area contributed by atoms with Crippen LogP contribution in [0.3, 0.4) is 0 Å². The smallest absolute Gasteiger partial charge is 0.257 e. The molecule has 0 atom stereocenters. The molecule has 134 valence electrons. The van der Waals surface area contributed by atoms with Crippen molar-refractivity contribution >= 4 is 34.8 Å². The minimum absolute atomic E-state index is 0.187. The molecule has 0 saturated carbocycles. The number of methoxy groups -OCH3 is 1. The molecule has 0 bridgehead atoms. The maximum Gasteiger partial charge on any atom is 0.257 e. The Morgan fingerprint density at radius 3 is 2.65 bits per heavy atom. The zero-order chi connectivity index (χ0) is 18.7. The fourth-order valence-corrected chi connectivity index (χ4v) is 2.81. The number of aliphatic hydroxyl groups excluding tert-OH is 1. The number of nitrogens with one attached hydrogen (secondary N) is 1. The standard InChI is InChI=1S/C19H15Cl2NO4/c1-25-18-6-2-11(17-7-4-13(10-23)26-17)8-16(18)22-19(24)14-9-12(20)3-5-15(14)21/h2-9,23H,10H2,1H3,(H,22,24). The average molecular weight is 392 g/mol. The molecule has 1 heterocycles. The minimum atomic E-state index is -0.413. The van der Waals surface area contributed by atoms with E-state index in [2.05, 4.69) is 5.32 Å². The Balaban J connectivity index is 1.94. The van der Waals surface area contributed by atoms with Crippen molar-refractivity contribution in [1.82, 2.24) is 0 Å². The fraction of sp³-hybridized carbons (Fsp3) is 0.105. The monoisotopic (exact) mass is 391 g/mol. The van der Waals surface area contributed by atoms with Gasteiger partial charge in [0.1, 0.15) is 23.9 Å². The Labute approximate surface area is 160 Å². The lowest BCUT2D eigenvalue weighted by Crippen LogP contribution is -2.13. The zero-order valence-electron chi connectivity index (χ0n) is 13.8. The van der Waals surface area contributed by atoms with Crippen LogP contribution in [0.15, 0.2) is 52.9 Å². The molecule has 0 aliphatic heterocycles. The van der Waals surface area contributed by atoms with Gasteiger partial charge in [-0.25, -0.2) is 0 Å². The first-order valence-electron chi connectivity index (χ1n) is 7.66. The number of hydrogen-bond acceptors (Lipinski definition) is 4. The SMILES string of the molecule is COc1ccc(-c2ccc(CO)o2)cc1NC(=O)c1cc(Cl)ccc1Cl. The van der Waals surface area contributed by atoms with Gasteiger partial charge in [-0.05, 0) is 48.5 Å². The number of hydrogen-bond donors (Lipinski definition) is 2. The van der Waals surface area contributed by atoms with E-state index in [1.165, 1.54) is 13.2 Å². The summed E-state index contributed by atoms with van der Waals surface area (Å²) in [6.07, 6.45) is 0. The van der Waals surface area contributed by atoms with Crippen molar-refractivity contribution in [3.05, 3.63) is 69.9 Å². The number of halogens is 2. The molecule has 0 unspecified atom stereocenters. The molecular weight excluding hydrogens is 377 g/mol. The van der Waals surface area contributed by atoms with Gasteiger partial charge in [-0.3, -0.25) is 4.79 Å². The normalized spacial score (nSPS) is 10.6. The van der Waals surface area contributed by atoms with Gasteiger partial charge >= 0.3 is 0 Å². The maximum atomic E-state index is 12.6. The molecule has 5 nitrogen and oxygen atoms in total. The summed E-state index contributed by atoms with van der Waals surface area (Å²) in [4.78, 5) is 12.6. The van der Waals surface area contributed by atoms with E-state index in [1.54, 1.807) is 42.5 Å². The van der Waals surface area contributed by atoms with E-state index in [1.807, 2.05) is 0 Å². The molecule has 0 radical (unpaired) electrons. The number of carbonyl (C=O) groups is 1. The molecule has 0 aliphatic carbocycles. The van der Waals surface area contributed by atoms with Crippen LogP contribution in [0.25, 0.3) is 11.3 Å². The molecule has 3 aromatic rings. The van der Waals surface area contributed by atoms with E-state index >= 15 is 0 Å². The topological polar surface area (TPSA) is 71.7 Å². The molecule has 26 heavy (non-hydrogen) atoms. The maximum absolute atomic E-state index is 12.6. The van der Waals surface area contributed by atoms with Crippen LogP contribution in [-0.2, 0) is 6.61 Å². The Kier molecular flexibility index (Phi) is 5.52. The Morgan fingerprint density at radius 1 is 1.15 bits per heavy atom. The second-order valence-electron chi connectivity index (χ2n) is 5.42. The third kappa shape index (κ3) is 3.85. The molecule has 2 aromatic carbocycles. The summed E-state index contributed by atoms with van der Waals surface area (Å²) in [5.41, 5.74) is 1.43. The highest BCUT2D eigenvalue weighted by Gasteiger charge is 2.15. The van der Waals surface area contributed by atoms with Crippen molar-refractivity contribution in [3.8, 4) is 17.1 Å². The largest absolute Gasteiger partial charge is 0.495 e. The first-order chi connectivity index (χ1) is 12.5. The molecule has 7 heteroatoms. The van der Waals surface area contributed by atoms with Crippen LogP contribution in [0.4, 0.5) is 5.69 Å². The molecule has 0 spiro atoms. The molecule has 3 rings (SSSR count). The second kappa shape index (κ2) is 7.83. The van der Waals surface area contributed by atoms with Crippen LogP contribution in [0.1, 0.15) is 16.1 Å². The third-order valence-electron chi connectivity index (χ3n) is 3.72. The van der Waals surface area contributed by atoms with Gasteiger partial charge in [-0.1, -0.05) is 23.2 Å². The number of aliphatic hydroxyl groups is 1. The number of furan rings is 1. The number of ether oxygens (including phenoxy) is 1. The van der Waals surface area contributed by atoms with Crippen molar-refractivity contribution in [2.24, 2.45) is 0 Å². The predicted molar refractivity (Wildman–Crippen MR) is 101 cm³/mol. The van der Waals surface area contributed by atoms with Crippen molar-refractivity contribution in [1.29, 1.82) is 0 Å². The summed E-state index contributed by atoms with van der Waals surface area (Å²) >= 11 is 12.0. The summed E-state index contributed by atoms with van der Waals surface area (Å²) in [6.45, 7) is -0.187. The van der Waals surface area contributed by atoms with E-state index in [-0.39, 0.29) is 12.2 Å². The highest BCUT2D eigenvalue weighted by molar-refractivity contribution is 6.36. The molecule has 0 aliphatic rings. The lowest BCUT2D eigenvalue weighted by Gasteiger charge is -2.12. The van der Waals surface area contributed by atoms with Gasteiger partial charge in [0, 0.05) is 10.6 Å². The highest BCUT2D eigenvalue weighted by Crippen LogP contribution is 2.32. The molecule has 1 aromatic heterocycles. The van der Waals surface area contributed by atoms with Gasteiger partial charge in [-0.2, -0.15) is 0 Å². The average Bonchev–Trinajstić information content (AvgIpc) is 3.13. The fourth-order valence-electron chi connectivity index (χ4n) is 2.44. The van der Waals surface area contributed by atoms with Crippen LogP contribution >= 0.6 is 23.2 Å². The highest BCUT2D eigenvalue weighted by atomic mass is 35.5. The van der Waals surface area contributed by atoms with E-state index in [0.29, 0.717) is 33.0 Å². The van der Waals surface area contributed by atoms with E-state index < -0.39 is 5.91 Å². The summed E-state index contributed by atoms with van der Waals surface area (Å²) in [7, 11) is 1.51. The number of rotatable bonds is 5. The van der Waals surface area contributed by atoms with Gasteiger partial charge in [-0.15, -0.1) is 0 Å². The summed E-state index contributed by atoms with van der Waals surface area (Å²) < 4.78 is 10.8. The van der Waals surface area contributed by atoms with Gasteiger partial charge in [0.15, 0.2) is 0 Å². The Morgan fingerprint density at radius 2 is 1.96 bits per heavy atom. The van der Waals surface area contributed by atoms with Gasteiger partial charge in [0.25, 0.3) is 5.91 Å². The second-order valence-corrected chi connectivity index (χ2v) is 6.26. The van der Waals surface area contributed by atoms with E-state index in [9.17, 15) is 4.79 Å². The number of carbonyl (C=O) groups excluding carboxylic acids is 1. The number of amides is 1. The molecular formula is C19H15Cl2NO4. The van der Waals surface area contributed by atoms with Crippen molar-refractivity contribution in [3.63, 3.8) is 0 Å². The lowest BCUT2D eigenvalue weighted by atomic mass is 10.1. The molecule has 0 fully saturated rings. The van der Waals surface area contributed by atoms with Crippen LogP contribution in [0, 0.1) is 0 Å². The molecule has 0 saturated heterocycles. The predicted octanol–water partition coefficient (Wildman–Crippen LogP) is 5.01. The van der Waals surface area contributed by atoms with Crippen molar-refractivity contribution < 1.29 is 19.1 Å². The summed E-state index contributed by atoms with van der Waals surface area (Å²) in [5.74, 6) is 1.08. The third-order valence-corrected chi connectivity index (χ3v) is 4.29. The van der Waals surface area contributed by atoms with E-state index in [4.69, 9.17) is 37.5 Å². The van der Waals surface area contributed by atoms with Crippen molar-refractivity contribution in [2.45, 2.75) is 6.61 Å². The van der Waals surface area contributed by atoms with Crippen LogP contribution in [-0.4, -0.2) is 18.1 Å². The quantitative estimate of drug-likeness (QED) is 0.641. The molecule has 1 amide bonds. The summed E-state index contributed by atoms with van der Waals surface area (Å²) in [5, 5.41) is 12.6. The van der Waals surface area contributed by atoms with Crippen LogP contribution in [0.5, 0.6) is 5.75 Å². The first kappa shape index (κ1) is 18.3. The molecule has 2 N–H and O–H groups in total. The lowest BCUT2D eigenvalue weighted by molar-refractivity contribution is 0.102. The number of benzene rings is 2. The van der Waals surface area contributed by atoms with Crippen molar-refractivity contribution in [2.75, 3.05) is 12.4 Å². The van der Waals surface area contributed by atoms with Crippen LogP contribution < -0.4 is 10.1 Å². The Hall–Kier alpha value is -2.47. The van der Waals surface area contributed by atoms with Gasteiger partial charge in [0.2, 0.25) is 0 Å². The Bertz CT molecular complexity index is 952. The minimum Gasteiger partial charge on any atom is -0.495 e. The van der Waals surface area contributed by atoms with Crippen LogP contribution in [0.2, 0.25) is 10.0 Å². The zero-order valence-corrected chi connectivity index (χ0v) is 15.3. The first-order valence-corrected chi connectivity index (χ1v) is 8.42. The number of anilines is 1.